The Kier molecular flexibility index (Phi) is 4.47. The Morgan fingerprint density at radius 1 is 1.08 bits per heavy atom. The molecule has 0 bridgehead atoms. The van der Waals surface area contributed by atoms with Crippen LogP contribution in [0.1, 0.15) is 12.5 Å². The molecule has 25 heavy (non-hydrogen) atoms. The van der Waals surface area contributed by atoms with E-state index in [9.17, 15) is 13.2 Å². The third-order valence-electron chi connectivity index (χ3n) is 3.62. The number of anilines is 1. The van der Waals surface area contributed by atoms with Crippen molar-refractivity contribution in [2.45, 2.75) is 11.8 Å². The van der Waals surface area contributed by atoms with E-state index >= 15 is 0 Å². The van der Waals surface area contributed by atoms with Crippen LogP contribution < -0.4 is 5.01 Å². The maximum absolute atomic E-state index is 12.6. The molecule has 0 fully saturated rings. The number of halogens is 1. The van der Waals surface area contributed by atoms with E-state index in [1.165, 1.54) is 29.3 Å². The Hall–Kier alpha value is -2.48. The molecule has 0 spiro atoms. The molecule has 2 aromatic carbocycles. The van der Waals surface area contributed by atoms with Gasteiger partial charge in [0.1, 0.15) is 0 Å². The summed E-state index contributed by atoms with van der Waals surface area (Å²) in [5.41, 5.74) is 2.18. The first-order chi connectivity index (χ1) is 11.8. The van der Waals surface area contributed by atoms with E-state index in [2.05, 4.69) is 5.10 Å². The van der Waals surface area contributed by atoms with E-state index < -0.39 is 10.1 Å². The monoisotopic (exact) mass is 376 g/mol. The Balaban J connectivity index is 1.91. The highest BCUT2D eigenvalue weighted by molar-refractivity contribution is 7.85. The van der Waals surface area contributed by atoms with Gasteiger partial charge >= 0.3 is 0 Å². The average molecular weight is 377 g/mol. The van der Waals surface area contributed by atoms with Gasteiger partial charge in [-0.3, -0.25) is 9.35 Å². The van der Waals surface area contributed by atoms with Gasteiger partial charge < -0.3 is 0 Å². The van der Waals surface area contributed by atoms with Crippen molar-refractivity contribution >= 4 is 45.1 Å². The predicted octanol–water partition coefficient (Wildman–Crippen LogP) is 3.39. The zero-order valence-electron chi connectivity index (χ0n) is 13.0. The summed E-state index contributed by atoms with van der Waals surface area (Å²) in [4.78, 5) is 12.4. The third kappa shape index (κ3) is 3.63. The van der Waals surface area contributed by atoms with Crippen LogP contribution in [-0.2, 0) is 14.9 Å². The second-order valence-corrected chi connectivity index (χ2v) is 7.24. The van der Waals surface area contributed by atoms with Crippen LogP contribution in [0.2, 0.25) is 5.02 Å². The maximum atomic E-state index is 12.6. The molecule has 6 nitrogen and oxygen atoms in total. The summed E-state index contributed by atoms with van der Waals surface area (Å²) in [5, 5.41) is 6.01. The van der Waals surface area contributed by atoms with Crippen molar-refractivity contribution in [3.8, 4) is 0 Å². The van der Waals surface area contributed by atoms with Gasteiger partial charge in [-0.25, -0.2) is 0 Å². The fraction of sp³-hybridized carbons (Fsp3) is 0.0588. The van der Waals surface area contributed by atoms with Gasteiger partial charge in [0, 0.05) is 5.02 Å². The zero-order valence-corrected chi connectivity index (χ0v) is 14.6. The molecule has 1 amide bonds. The number of carbonyl (C=O) groups excluding carboxylic acids is 1. The molecule has 0 atom stereocenters. The van der Waals surface area contributed by atoms with Crippen molar-refractivity contribution in [3.63, 3.8) is 0 Å². The molecule has 1 aliphatic rings. The maximum Gasteiger partial charge on any atom is 0.294 e. The Bertz CT molecular complexity index is 994. The van der Waals surface area contributed by atoms with E-state index in [1.807, 2.05) is 0 Å². The van der Waals surface area contributed by atoms with Gasteiger partial charge in [-0.05, 0) is 55.0 Å². The molecular formula is C17H13ClN2O4S. The quantitative estimate of drug-likeness (QED) is 0.657. The van der Waals surface area contributed by atoms with Gasteiger partial charge in [-0.2, -0.15) is 18.5 Å². The summed E-state index contributed by atoms with van der Waals surface area (Å²) >= 11 is 5.85. The normalized spacial score (nSPS) is 16.4. The van der Waals surface area contributed by atoms with E-state index in [1.54, 1.807) is 37.3 Å². The minimum absolute atomic E-state index is 0.250. The average Bonchev–Trinajstić information content (AvgIpc) is 2.84. The van der Waals surface area contributed by atoms with Gasteiger partial charge in [-0.1, -0.05) is 23.7 Å². The van der Waals surface area contributed by atoms with Crippen LogP contribution >= 0.6 is 11.6 Å². The van der Waals surface area contributed by atoms with Crippen LogP contribution in [-0.4, -0.2) is 24.6 Å². The second kappa shape index (κ2) is 6.44. The minimum atomic E-state index is -4.28. The molecule has 0 unspecified atom stereocenters. The first-order valence-corrected chi connectivity index (χ1v) is 9.02. The highest BCUT2D eigenvalue weighted by atomic mass is 35.5. The first-order valence-electron chi connectivity index (χ1n) is 7.20. The lowest BCUT2D eigenvalue weighted by Crippen LogP contribution is -2.21. The topological polar surface area (TPSA) is 87.0 Å². The fourth-order valence-corrected chi connectivity index (χ4v) is 2.95. The third-order valence-corrected chi connectivity index (χ3v) is 4.74. The number of carbonyl (C=O) groups is 1. The lowest BCUT2D eigenvalue weighted by atomic mass is 10.1. The van der Waals surface area contributed by atoms with Crippen LogP contribution in [0.15, 0.2) is 64.1 Å². The van der Waals surface area contributed by atoms with Gasteiger partial charge in [0.15, 0.2) is 0 Å². The van der Waals surface area contributed by atoms with Crippen LogP contribution in [0, 0.1) is 0 Å². The summed E-state index contributed by atoms with van der Waals surface area (Å²) in [6.07, 6.45) is 1.71. The van der Waals surface area contributed by atoms with Crippen molar-refractivity contribution in [2.24, 2.45) is 5.10 Å². The summed E-state index contributed by atoms with van der Waals surface area (Å²) in [7, 11) is -4.28. The largest absolute Gasteiger partial charge is 0.294 e. The second-order valence-electron chi connectivity index (χ2n) is 5.38. The predicted molar refractivity (Wildman–Crippen MR) is 96.3 cm³/mol. The lowest BCUT2D eigenvalue weighted by Gasteiger charge is -2.12. The number of hydrogen-bond donors (Lipinski definition) is 1. The standard InChI is InChI=1S/C17H13ClN2O4S/c1-11-16(10-12-2-4-13(18)5-3-12)17(21)20(19-11)14-6-8-15(9-7-14)25(22,23)24/h2-10H,1H3,(H,22,23,24)/b16-10+. The van der Waals surface area contributed by atoms with Crippen molar-refractivity contribution in [1.29, 1.82) is 0 Å². The number of nitrogens with zero attached hydrogens (tertiary/aromatic N) is 2. The van der Waals surface area contributed by atoms with E-state index in [-0.39, 0.29) is 10.8 Å². The Morgan fingerprint density at radius 3 is 2.24 bits per heavy atom. The van der Waals surface area contributed by atoms with Crippen LogP contribution in [0.5, 0.6) is 0 Å². The molecule has 1 N–H and O–H groups in total. The molecule has 0 saturated heterocycles. The number of benzene rings is 2. The Labute approximate surface area is 149 Å². The molecule has 3 rings (SSSR count). The molecule has 2 aromatic rings. The fourth-order valence-electron chi connectivity index (χ4n) is 2.34. The summed E-state index contributed by atoms with van der Waals surface area (Å²) in [5.74, 6) is -0.327. The Morgan fingerprint density at radius 2 is 1.68 bits per heavy atom. The molecular weight excluding hydrogens is 364 g/mol. The van der Waals surface area contributed by atoms with Crippen molar-refractivity contribution in [3.05, 3.63) is 64.7 Å². The molecule has 128 valence electrons. The van der Waals surface area contributed by atoms with Crippen molar-refractivity contribution in [1.82, 2.24) is 0 Å². The van der Waals surface area contributed by atoms with Crippen molar-refractivity contribution in [2.75, 3.05) is 5.01 Å². The molecule has 1 heterocycles. The van der Waals surface area contributed by atoms with Crippen molar-refractivity contribution < 1.29 is 17.8 Å². The summed E-state index contributed by atoms with van der Waals surface area (Å²) in [6.45, 7) is 1.71. The molecule has 8 heteroatoms. The summed E-state index contributed by atoms with van der Waals surface area (Å²) in [6, 6.07) is 12.3. The van der Waals surface area contributed by atoms with Crippen LogP contribution in [0.4, 0.5) is 5.69 Å². The van der Waals surface area contributed by atoms with E-state index in [0.29, 0.717) is 22.0 Å². The van der Waals surface area contributed by atoms with E-state index in [0.717, 1.165) is 5.56 Å². The summed E-state index contributed by atoms with van der Waals surface area (Å²) < 4.78 is 31.2. The zero-order chi connectivity index (χ0) is 18.2. The van der Waals surface area contributed by atoms with Gasteiger partial charge in [0.25, 0.3) is 16.0 Å². The first kappa shape index (κ1) is 17.3. The van der Waals surface area contributed by atoms with Crippen LogP contribution in [0.3, 0.4) is 0 Å². The lowest BCUT2D eigenvalue weighted by molar-refractivity contribution is -0.114. The van der Waals surface area contributed by atoms with Gasteiger partial charge in [0.2, 0.25) is 0 Å². The molecule has 0 aromatic heterocycles. The smallest absolute Gasteiger partial charge is 0.282 e. The number of rotatable bonds is 3. The van der Waals surface area contributed by atoms with Crippen LogP contribution in [0.25, 0.3) is 6.08 Å². The van der Waals surface area contributed by atoms with Gasteiger partial charge in [0.05, 0.1) is 21.9 Å². The molecule has 0 radical (unpaired) electrons. The SMILES string of the molecule is CC1=NN(c2ccc(S(=O)(=O)O)cc2)C(=O)/C1=C/c1ccc(Cl)cc1. The minimum Gasteiger partial charge on any atom is -0.282 e. The highest BCUT2D eigenvalue weighted by Crippen LogP contribution is 2.26. The van der Waals surface area contributed by atoms with Gasteiger partial charge in [-0.15, -0.1) is 0 Å². The molecule has 0 aliphatic carbocycles. The van der Waals surface area contributed by atoms with E-state index in [4.69, 9.17) is 16.2 Å². The molecule has 1 aliphatic heterocycles. The number of hydrazone groups is 1. The molecule has 0 saturated carbocycles. The highest BCUT2D eigenvalue weighted by Gasteiger charge is 2.28. The number of hydrogen-bond acceptors (Lipinski definition) is 4. The number of amides is 1.